The van der Waals surface area contributed by atoms with Gasteiger partial charge in [-0.2, -0.15) is 0 Å². The molecule has 2 heterocycles. The van der Waals surface area contributed by atoms with Crippen LogP contribution in [-0.2, 0) is 4.79 Å². The van der Waals surface area contributed by atoms with Gasteiger partial charge in [-0.15, -0.1) is 0 Å². The number of likely N-dealkylation sites (tertiary alicyclic amines) is 2. The number of amides is 1. The smallest absolute Gasteiger partial charge is 0.223 e. The lowest BCUT2D eigenvalue weighted by molar-refractivity contribution is -0.132. The molecule has 1 amide bonds. The number of nitrogens with zero attached hydrogens (tertiary/aromatic N) is 2. The van der Waals surface area contributed by atoms with Crippen LogP contribution in [0.15, 0.2) is 0 Å². The van der Waals surface area contributed by atoms with E-state index in [1.165, 1.54) is 103 Å². The van der Waals surface area contributed by atoms with Gasteiger partial charge >= 0.3 is 0 Å². The number of hydrogen-bond acceptors (Lipinski definition) is 2. The van der Waals surface area contributed by atoms with Crippen LogP contribution in [0.1, 0.15) is 96.3 Å². The molecule has 0 N–H and O–H groups in total. The predicted molar refractivity (Wildman–Crippen MR) is 107 cm³/mol. The molecule has 0 unspecified atom stereocenters. The van der Waals surface area contributed by atoms with Gasteiger partial charge in [-0.3, -0.25) is 4.79 Å². The van der Waals surface area contributed by atoms with Crippen LogP contribution in [0.2, 0.25) is 0 Å². The summed E-state index contributed by atoms with van der Waals surface area (Å²) < 4.78 is 0. The molecule has 3 nitrogen and oxygen atoms in total. The summed E-state index contributed by atoms with van der Waals surface area (Å²) in [5.74, 6) is 2.20. The zero-order valence-electron chi connectivity index (χ0n) is 16.9. The minimum Gasteiger partial charge on any atom is -0.337 e. The largest absolute Gasteiger partial charge is 0.337 e. The normalized spacial score (nSPS) is 33.1. The van der Waals surface area contributed by atoms with Crippen molar-refractivity contribution in [1.82, 2.24) is 9.80 Å². The molecule has 4 aliphatic rings. The number of hydrogen-bond donors (Lipinski definition) is 0. The van der Waals surface area contributed by atoms with Crippen LogP contribution >= 0.6 is 0 Å². The van der Waals surface area contributed by atoms with Crippen molar-refractivity contribution in [3.05, 3.63) is 0 Å². The molecule has 0 radical (unpaired) electrons. The Morgan fingerprint density at radius 2 is 1.38 bits per heavy atom. The zero-order valence-corrected chi connectivity index (χ0v) is 16.9. The lowest BCUT2D eigenvalue weighted by Gasteiger charge is -2.41. The highest BCUT2D eigenvalue weighted by atomic mass is 16.2. The van der Waals surface area contributed by atoms with E-state index in [1.807, 2.05) is 0 Å². The van der Waals surface area contributed by atoms with Gasteiger partial charge in [-0.05, 0) is 69.7 Å². The van der Waals surface area contributed by atoms with E-state index in [1.54, 1.807) is 0 Å². The molecule has 3 heteroatoms. The monoisotopic (exact) mass is 360 g/mol. The van der Waals surface area contributed by atoms with Gasteiger partial charge in [-0.1, -0.05) is 38.5 Å². The molecule has 4 fully saturated rings. The molecule has 26 heavy (non-hydrogen) atoms. The SMILES string of the molecule is O=C1CC[C@@]2(CCCN(CC3CCCCC3)CC2)N1CC1CCCCC1. The van der Waals surface area contributed by atoms with E-state index >= 15 is 0 Å². The first-order valence-electron chi connectivity index (χ1n) is 11.8. The quantitative estimate of drug-likeness (QED) is 0.705. The molecule has 2 saturated carbocycles. The molecule has 0 aromatic heterocycles. The van der Waals surface area contributed by atoms with Gasteiger partial charge in [0, 0.05) is 31.6 Å². The first-order chi connectivity index (χ1) is 12.8. The van der Waals surface area contributed by atoms with Gasteiger partial charge in [0.25, 0.3) is 0 Å². The van der Waals surface area contributed by atoms with Crippen LogP contribution in [-0.4, -0.2) is 47.4 Å². The molecule has 2 aliphatic heterocycles. The summed E-state index contributed by atoms with van der Waals surface area (Å²) in [6.45, 7) is 4.89. The van der Waals surface area contributed by atoms with Crippen molar-refractivity contribution >= 4 is 5.91 Å². The Balaban J connectivity index is 1.36. The second-order valence-corrected chi connectivity index (χ2v) is 9.89. The molecule has 0 bridgehead atoms. The maximum Gasteiger partial charge on any atom is 0.223 e. The Morgan fingerprint density at radius 3 is 2.08 bits per heavy atom. The number of carbonyl (C=O) groups is 1. The summed E-state index contributed by atoms with van der Waals surface area (Å²) in [6, 6.07) is 0. The Labute approximate surface area is 160 Å². The Morgan fingerprint density at radius 1 is 0.731 bits per heavy atom. The van der Waals surface area contributed by atoms with Crippen molar-refractivity contribution in [2.75, 3.05) is 26.2 Å². The zero-order chi connectivity index (χ0) is 17.8. The fourth-order valence-corrected chi connectivity index (χ4v) is 6.47. The van der Waals surface area contributed by atoms with Gasteiger partial charge in [0.05, 0.1) is 0 Å². The van der Waals surface area contributed by atoms with Gasteiger partial charge in [0.1, 0.15) is 0 Å². The van der Waals surface area contributed by atoms with E-state index in [2.05, 4.69) is 9.80 Å². The Hall–Kier alpha value is -0.570. The summed E-state index contributed by atoms with van der Waals surface area (Å²) in [4.78, 5) is 17.9. The molecule has 1 atom stereocenters. The molecule has 1 spiro atoms. The molecular weight excluding hydrogens is 320 g/mol. The van der Waals surface area contributed by atoms with Gasteiger partial charge in [-0.25, -0.2) is 0 Å². The first-order valence-corrected chi connectivity index (χ1v) is 11.8. The second-order valence-electron chi connectivity index (χ2n) is 9.89. The highest BCUT2D eigenvalue weighted by Crippen LogP contribution is 2.41. The number of rotatable bonds is 4. The van der Waals surface area contributed by atoms with Crippen molar-refractivity contribution in [2.24, 2.45) is 11.8 Å². The fourth-order valence-electron chi connectivity index (χ4n) is 6.47. The highest BCUT2D eigenvalue weighted by molar-refractivity contribution is 5.79. The standard InChI is InChI=1S/C23H40N2O/c26-22-12-14-23(25(22)19-21-10-5-2-6-11-21)13-7-16-24(17-15-23)18-20-8-3-1-4-9-20/h20-21H,1-19H2/t23-/m1/s1. The van der Waals surface area contributed by atoms with Gasteiger partial charge in [0.2, 0.25) is 5.91 Å². The van der Waals surface area contributed by atoms with Gasteiger partial charge < -0.3 is 9.80 Å². The van der Waals surface area contributed by atoms with E-state index < -0.39 is 0 Å². The molecule has 0 aromatic carbocycles. The molecule has 0 aromatic rings. The third-order valence-corrected chi connectivity index (χ3v) is 8.09. The fraction of sp³-hybridized carbons (Fsp3) is 0.957. The van der Waals surface area contributed by atoms with E-state index in [0.717, 1.165) is 31.2 Å². The van der Waals surface area contributed by atoms with E-state index in [9.17, 15) is 4.79 Å². The maximum absolute atomic E-state index is 12.7. The van der Waals surface area contributed by atoms with Crippen LogP contribution in [0.3, 0.4) is 0 Å². The maximum atomic E-state index is 12.7. The lowest BCUT2D eigenvalue weighted by atomic mass is 9.84. The van der Waals surface area contributed by atoms with Crippen LogP contribution in [0.5, 0.6) is 0 Å². The second kappa shape index (κ2) is 8.63. The van der Waals surface area contributed by atoms with Crippen molar-refractivity contribution in [3.8, 4) is 0 Å². The average molecular weight is 361 g/mol. The molecule has 2 saturated heterocycles. The van der Waals surface area contributed by atoms with Crippen molar-refractivity contribution in [2.45, 2.75) is 102 Å². The first kappa shape index (κ1) is 18.8. The van der Waals surface area contributed by atoms with Crippen molar-refractivity contribution in [3.63, 3.8) is 0 Å². The Bertz CT molecular complexity index is 467. The van der Waals surface area contributed by atoms with Crippen LogP contribution in [0.25, 0.3) is 0 Å². The minimum atomic E-state index is 0.218. The van der Waals surface area contributed by atoms with Crippen molar-refractivity contribution in [1.29, 1.82) is 0 Å². The van der Waals surface area contributed by atoms with Crippen LogP contribution in [0, 0.1) is 11.8 Å². The van der Waals surface area contributed by atoms with Crippen molar-refractivity contribution < 1.29 is 4.79 Å². The average Bonchev–Trinajstić information content (AvgIpc) is 2.85. The molecule has 4 rings (SSSR count). The third-order valence-electron chi connectivity index (χ3n) is 8.09. The van der Waals surface area contributed by atoms with E-state index in [4.69, 9.17) is 0 Å². The summed E-state index contributed by atoms with van der Waals surface area (Å²) in [5.41, 5.74) is 0.218. The van der Waals surface area contributed by atoms with Crippen LogP contribution in [0.4, 0.5) is 0 Å². The summed E-state index contributed by atoms with van der Waals surface area (Å²) in [7, 11) is 0. The van der Waals surface area contributed by atoms with E-state index in [-0.39, 0.29) is 5.54 Å². The summed E-state index contributed by atoms with van der Waals surface area (Å²) in [6.07, 6.45) is 19.9. The number of carbonyl (C=O) groups excluding carboxylic acids is 1. The summed E-state index contributed by atoms with van der Waals surface area (Å²) in [5, 5.41) is 0. The summed E-state index contributed by atoms with van der Waals surface area (Å²) >= 11 is 0. The predicted octanol–water partition coefficient (Wildman–Crippen LogP) is 4.99. The molecule has 2 aliphatic carbocycles. The highest BCUT2D eigenvalue weighted by Gasteiger charge is 2.46. The topological polar surface area (TPSA) is 23.6 Å². The van der Waals surface area contributed by atoms with Gasteiger partial charge in [0.15, 0.2) is 0 Å². The van der Waals surface area contributed by atoms with E-state index in [0.29, 0.717) is 5.91 Å². The molecule has 148 valence electrons. The third kappa shape index (κ3) is 4.29. The minimum absolute atomic E-state index is 0.218. The van der Waals surface area contributed by atoms with Crippen LogP contribution < -0.4 is 0 Å². The Kier molecular flexibility index (Phi) is 6.23. The lowest BCUT2D eigenvalue weighted by Crippen LogP contribution is -2.48. The molecular formula is C23H40N2O.